The van der Waals surface area contributed by atoms with Crippen LogP contribution in [-0.4, -0.2) is 37.0 Å². The number of rotatable bonds is 2. The Morgan fingerprint density at radius 2 is 2.35 bits per heavy atom. The third kappa shape index (κ3) is 2.52. The Bertz CT molecular complexity index is 446. The van der Waals surface area contributed by atoms with Crippen LogP contribution in [0.25, 0.3) is 0 Å². The molecule has 1 aliphatic heterocycles. The molecule has 0 bridgehead atoms. The second-order valence-corrected chi connectivity index (χ2v) is 5.63. The van der Waals surface area contributed by atoms with Crippen LogP contribution in [0.1, 0.15) is 16.1 Å². The largest absolute Gasteiger partial charge is 0.469 e. The maximum Gasteiger partial charge on any atom is 0.310 e. The highest BCUT2D eigenvalue weighted by molar-refractivity contribution is 9.10. The fraction of sp³-hybridized carbons (Fsp3) is 0.455. The van der Waals surface area contributed by atoms with Crippen molar-refractivity contribution in [2.75, 3.05) is 20.2 Å². The van der Waals surface area contributed by atoms with Gasteiger partial charge >= 0.3 is 5.97 Å². The van der Waals surface area contributed by atoms with Crippen molar-refractivity contribution < 1.29 is 14.3 Å². The minimum atomic E-state index is -0.231. The molecular formula is C11H12BrNO3S. The molecule has 2 rings (SSSR count). The molecule has 17 heavy (non-hydrogen) atoms. The second kappa shape index (κ2) is 5.18. The number of ether oxygens (including phenoxy) is 1. The van der Waals surface area contributed by atoms with Gasteiger partial charge < -0.3 is 9.64 Å². The van der Waals surface area contributed by atoms with E-state index in [2.05, 4.69) is 15.9 Å². The first-order chi connectivity index (χ1) is 8.13. The van der Waals surface area contributed by atoms with Gasteiger partial charge in [-0.05, 0) is 33.8 Å². The Morgan fingerprint density at radius 1 is 1.59 bits per heavy atom. The number of carbonyl (C=O) groups excluding carboxylic acids is 2. The fourth-order valence-corrected chi connectivity index (χ4v) is 3.40. The van der Waals surface area contributed by atoms with Gasteiger partial charge in [0.1, 0.15) is 4.88 Å². The van der Waals surface area contributed by atoms with Crippen molar-refractivity contribution in [2.24, 2.45) is 5.92 Å². The number of thiophene rings is 1. The van der Waals surface area contributed by atoms with Crippen molar-refractivity contribution in [1.29, 1.82) is 0 Å². The summed E-state index contributed by atoms with van der Waals surface area (Å²) in [6.07, 6.45) is 0.682. The van der Waals surface area contributed by atoms with Gasteiger partial charge in [-0.3, -0.25) is 9.59 Å². The molecule has 1 aromatic rings. The molecule has 0 saturated carbocycles. The van der Waals surface area contributed by atoms with E-state index in [0.717, 1.165) is 4.47 Å². The topological polar surface area (TPSA) is 46.6 Å². The molecule has 1 atom stereocenters. The van der Waals surface area contributed by atoms with Gasteiger partial charge in [0.2, 0.25) is 0 Å². The van der Waals surface area contributed by atoms with E-state index in [-0.39, 0.29) is 17.8 Å². The Hall–Kier alpha value is -0.880. The summed E-state index contributed by atoms with van der Waals surface area (Å²) in [5.74, 6) is -0.425. The molecule has 0 radical (unpaired) electrons. The zero-order valence-corrected chi connectivity index (χ0v) is 11.7. The van der Waals surface area contributed by atoms with Crippen LogP contribution >= 0.6 is 27.3 Å². The zero-order chi connectivity index (χ0) is 12.4. The van der Waals surface area contributed by atoms with Crippen molar-refractivity contribution in [2.45, 2.75) is 6.42 Å². The number of amides is 1. The Morgan fingerprint density at radius 3 is 2.94 bits per heavy atom. The molecule has 92 valence electrons. The summed E-state index contributed by atoms with van der Waals surface area (Å²) in [7, 11) is 1.38. The lowest BCUT2D eigenvalue weighted by Crippen LogP contribution is -2.29. The van der Waals surface area contributed by atoms with Gasteiger partial charge in [0.25, 0.3) is 5.91 Å². The number of nitrogens with zero attached hydrogens (tertiary/aromatic N) is 1. The minimum Gasteiger partial charge on any atom is -0.469 e. The quantitative estimate of drug-likeness (QED) is 0.785. The Labute approximate surface area is 112 Å². The summed E-state index contributed by atoms with van der Waals surface area (Å²) < 4.78 is 5.51. The summed E-state index contributed by atoms with van der Waals surface area (Å²) in [5, 5.41) is 1.87. The molecule has 1 aliphatic rings. The van der Waals surface area contributed by atoms with Gasteiger partial charge in [-0.25, -0.2) is 0 Å². The van der Waals surface area contributed by atoms with Crippen molar-refractivity contribution in [1.82, 2.24) is 4.90 Å². The van der Waals surface area contributed by atoms with Gasteiger partial charge in [0, 0.05) is 17.6 Å². The molecule has 0 aliphatic carbocycles. The summed E-state index contributed by atoms with van der Waals surface area (Å²) in [4.78, 5) is 25.9. The number of methoxy groups -OCH3 is 1. The highest BCUT2D eigenvalue weighted by Gasteiger charge is 2.32. The van der Waals surface area contributed by atoms with E-state index < -0.39 is 0 Å². The summed E-state index contributed by atoms with van der Waals surface area (Å²) >= 11 is 4.75. The molecule has 1 unspecified atom stereocenters. The highest BCUT2D eigenvalue weighted by Crippen LogP contribution is 2.27. The Balaban J connectivity index is 2.04. The zero-order valence-electron chi connectivity index (χ0n) is 9.31. The summed E-state index contributed by atoms with van der Waals surface area (Å²) in [6, 6.07) is 1.85. The predicted octanol–water partition coefficient (Wildman–Crippen LogP) is 2.15. The van der Waals surface area contributed by atoms with E-state index in [1.165, 1.54) is 18.4 Å². The monoisotopic (exact) mass is 317 g/mol. The average Bonchev–Trinajstić information content (AvgIpc) is 2.95. The number of carbonyl (C=O) groups is 2. The van der Waals surface area contributed by atoms with Crippen LogP contribution < -0.4 is 0 Å². The summed E-state index contributed by atoms with van der Waals surface area (Å²) in [6.45, 7) is 1.07. The number of likely N-dealkylation sites (tertiary alicyclic amines) is 1. The fourth-order valence-electron chi connectivity index (χ4n) is 1.89. The third-order valence-electron chi connectivity index (χ3n) is 2.82. The maximum absolute atomic E-state index is 12.1. The standard InChI is InChI=1S/C11H12BrNO3S/c1-16-11(15)7-2-4-13(6-7)10(14)9-8(12)3-5-17-9/h3,5,7H,2,4,6H2,1H3. The van der Waals surface area contributed by atoms with Crippen LogP contribution in [0.4, 0.5) is 0 Å². The molecule has 1 fully saturated rings. The number of hydrogen-bond acceptors (Lipinski definition) is 4. The second-order valence-electron chi connectivity index (χ2n) is 3.86. The molecular weight excluding hydrogens is 306 g/mol. The molecule has 4 nitrogen and oxygen atoms in total. The van der Waals surface area contributed by atoms with Crippen LogP contribution in [0.3, 0.4) is 0 Å². The molecule has 1 amide bonds. The van der Waals surface area contributed by atoms with Crippen molar-refractivity contribution in [3.63, 3.8) is 0 Å². The number of esters is 1. The molecule has 1 saturated heterocycles. The third-order valence-corrected chi connectivity index (χ3v) is 4.65. The van der Waals surface area contributed by atoms with Crippen molar-refractivity contribution in [3.05, 3.63) is 20.8 Å². The summed E-state index contributed by atoms with van der Waals surface area (Å²) in [5.41, 5.74) is 0. The van der Waals surface area contributed by atoms with Gasteiger partial charge in [0.05, 0.1) is 13.0 Å². The number of hydrogen-bond donors (Lipinski definition) is 0. The first-order valence-corrected chi connectivity index (χ1v) is 6.91. The van der Waals surface area contributed by atoms with E-state index in [1.54, 1.807) is 4.90 Å². The van der Waals surface area contributed by atoms with E-state index in [1.807, 2.05) is 11.4 Å². The van der Waals surface area contributed by atoms with Crippen molar-refractivity contribution in [3.8, 4) is 0 Å². The lowest BCUT2D eigenvalue weighted by Gasteiger charge is -2.15. The first-order valence-electron chi connectivity index (χ1n) is 5.23. The predicted molar refractivity (Wildman–Crippen MR) is 68.0 cm³/mol. The van der Waals surface area contributed by atoms with Crippen LogP contribution in [-0.2, 0) is 9.53 Å². The molecule has 0 spiro atoms. The van der Waals surface area contributed by atoms with Crippen LogP contribution in [0.2, 0.25) is 0 Å². The van der Waals surface area contributed by atoms with Crippen molar-refractivity contribution >= 4 is 39.1 Å². The highest BCUT2D eigenvalue weighted by atomic mass is 79.9. The van der Waals surface area contributed by atoms with Crippen LogP contribution in [0, 0.1) is 5.92 Å². The molecule has 0 aromatic carbocycles. The van der Waals surface area contributed by atoms with Gasteiger partial charge in [-0.15, -0.1) is 11.3 Å². The molecule has 1 aromatic heterocycles. The van der Waals surface area contributed by atoms with Crippen LogP contribution in [0.5, 0.6) is 0 Å². The first kappa shape index (κ1) is 12.6. The van der Waals surface area contributed by atoms with E-state index in [9.17, 15) is 9.59 Å². The molecule has 0 N–H and O–H groups in total. The van der Waals surface area contributed by atoms with Gasteiger partial charge in [-0.2, -0.15) is 0 Å². The normalized spacial score (nSPS) is 19.4. The minimum absolute atomic E-state index is 0.0155. The lowest BCUT2D eigenvalue weighted by atomic mass is 10.1. The molecule has 6 heteroatoms. The number of halogens is 1. The lowest BCUT2D eigenvalue weighted by molar-refractivity contribution is -0.144. The van der Waals surface area contributed by atoms with E-state index >= 15 is 0 Å². The maximum atomic E-state index is 12.1. The van der Waals surface area contributed by atoms with Gasteiger partial charge in [-0.1, -0.05) is 0 Å². The van der Waals surface area contributed by atoms with Crippen LogP contribution in [0.15, 0.2) is 15.9 Å². The smallest absolute Gasteiger partial charge is 0.310 e. The van der Waals surface area contributed by atoms with E-state index in [4.69, 9.17) is 4.74 Å². The van der Waals surface area contributed by atoms with Gasteiger partial charge in [0.15, 0.2) is 0 Å². The Kier molecular flexibility index (Phi) is 3.83. The van der Waals surface area contributed by atoms with E-state index in [0.29, 0.717) is 24.4 Å². The SMILES string of the molecule is COC(=O)C1CCN(C(=O)c2sccc2Br)C1. The average molecular weight is 318 g/mol. The molecule has 2 heterocycles.